The number of hydrogen-bond acceptors (Lipinski definition) is 4. The van der Waals surface area contributed by atoms with Crippen LogP contribution in [0.15, 0.2) is 40.9 Å². The Morgan fingerprint density at radius 1 is 1.11 bits per heavy atom. The zero-order chi connectivity index (χ0) is 18.8. The van der Waals surface area contributed by atoms with Gasteiger partial charge in [0.2, 0.25) is 0 Å². The highest BCUT2D eigenvalue weighted by molar-refractivity contribution is 9.10. The third-order valence-corrected chi connectivity index (χ3v) is 4.35. The fourth-order valence-corrected chi connectivity index (χ4v) is 3.03. The number of hydrogen-bond donors (Lipinski definition) is 1. The van der Waals surface area contributed by atoms with Crippen LogP contribution in [-0.2, 0) is 17.9 Å². The van der Waals surface area contributed by atoms with Crippen LogP contribution >= 0.6 is 28.3 Å². The highest BCUT2D eigenvalue weighted by Crippen LogP contribution is 2.37. The van der Waals surface area contributed by atoms with Crippen molar-refractivity contribution in [2.24, 2.45) is 0 Å². The van der Waals surface area contributed by atoms with Crippen molar-refractivity contribution in [2.45, 2.75) is 26.5 Å². The first-order valence-electron chi connectivity index (χ1n) is 8.66. The smallest absolute Gasteiger partial charge is 0.175 e. The number of halogens is 3. The summed E-state index contributed by atoms with van der Waals surface area (Å²) in [6, 6.07) is 10.2. The molecule has 0 unspecified atom stereocenters. The van der Waals surface area contributed by atoms with Crippen LogP contribution in [-0.4, -0.2) is 26.9 Å². The fraction of sp³-hybridized carbons (Fsp3) is 0.400. The van der Waals surface area contributed by atoms with E-state index in [9.17, 15) is 4.39 Å². The van der Waals surface area contributed by atoms with Crippen LogP contribution < -0.4 is 14.8 Å². The maximum absolute atomic E-state index is 13.0. The predicted molar refractivity (Wildman–Crippen MR) is 111 cm³/mol. The highest BCUT2D eigenvalue weighted by Gasteiger charge is 2.12. The van der Waals surface area contributed by atoms with Gasteiger partial charge in [-0.05, 0) is 71.2 Å². The van der Waals surface area contributed by atoms with Gasteiger partial charge in [0.1, 0.15) is 12.4 Å². The van der Waals surface area contributed by atoms with E-state index in [1.54, 1.807) is 19.2 Å². The molecule has 0 aliphatic heterocycles. The van der Waals surface area contributed by atoms with Crippen molar-refractivity contribution in [1.82, 2.24) is 5.32 Å². The summed E-state index contributed by atoms with van der Waals surface area (Å²) < 4.78 is 30.5. The molecule has 0 saturated heterocycles. The number of rotatable bonds is 11. The Morgan fingerprint density at radius 3 is 2.52 bits per heavy atom. The molecule has 2 rings (SSSR count). The minimum Gasteiger partial charge on any atom is -0.493 e. The van der Waals surface area contributed by atoms with Crippen molar-refractivity contribution >= 4 is 28.3 Å². The van der Waals surface area contributed by atoms with E-state index in [4.69, 9.17) is 14.2 Å². The van der Waals surface area contributed by atoms with Crippen molar-refractivity contribution in [3.05, 3.63) is 57.8 Å². The van der Waals surface area contributed by atoms with Crippen molar-refractivity contribution in [3.8, 4) is 11.5 Å². The van der Waals surface area contributed by atoms with Crippen molar-refractivity contribution in [1.29, 1.82) is 0 Å². The van der Waals surface area contributed by atoms with Gasteiger partial charge in [-0.2, -0.15) is 0 Å². The largest absolute Gasteiger partial charge is 0.493 e. The molecule has 0 atom stereocenters. The van der Waals surface area contributed by atoms with Crippen molar-refractivity contribution < 1.29 is 18.6 Å². The lowest BCUT2D eigenvalue weighted by atomic mass is 10.2. The molecule has 27 heavy (non-hydrogen) atoms. The molecule has 0 amide bonds. The summed E-state index contributed by atoms with van der Waals surface area (Å²) in [7, 11) is 1.62. The number of methoxy groups -OCH3 is 1. The molecular formula is C20H26BrClFNO3. The Labute approximate surface area is 174 Å². The Hall–Kier alpha value is -1.34. The zero-order valence-corrected chi connectivity index (χ0v) is 18.0. The lowest BCUT2D eigenvalue weighted by Crippen LogP contribution is -2.16. The quantitative estimate of drug-likeness (QED) is 0.471. The molecule has 4 nitrogen and oxygen atoms in total. The molecule has 1 N–H and O–H groups in total. The molecule has 0 radical (unpaired) electrons. The van der Waals surface area contributed by atoms with E-state index in [0.29, 0.717) is 18.1 Å². The van der Waals surface area contributed by atoms with Crippen LogP contribution in [0.4, 0.5) is 4.39 Å². The lowest BCUT2D eigenvalue weighted by Gasteiger charge is -2.15. The molecule has 0 spiro atoms. The third kappa shape index (κ3) is 8.05. The summed E-state index contributed by atoms with van der Waals surface area (Å²) >= 11 is 3.55. The maximum atomic E-state index is 13.0. The normalized spacial score (nSPS) is 10.4. The van der Waals surface area contributed by atoms with Crippen LogP contribution in [0.2, 0.25) is 0 Å². The topological polar surface area (TPSA) is 39.7 Å². The molecule has 0 aliphatic carbocycles. The summed E-state index contributed by atoms with van der Waals surface area (Å²) in [6.45, 7) is 5.49. The second-order valence-corrected chi connectivity index (χ2v) is 6.61. The van der Waals surface area contributed by atoms with Crippen LogP contribution in [0.5, 0.6) is 11.5 Å². The first-order chi connectivity index (χ1) is 12.6. The molecule has 0 heterocycles. The van der Waals surface area contributed by atoms with Gasteiger partial charge in [-0.25, -0.2) is 4.39 Å². The van der Waals surface area contributed by atoms with Crippen LogP contribution in [0.1, 0.15) is 24.5 Å². The molecular weight excluding hydrogens is 437 g/mol. The summed E-state index contributed by atoms with van der Waals surface area (Å²) in [5.74, 6) is 1.04. The number of benzene rings is 2. The summed E-state index contributed by atoms with van der Waals surface area (Å²) in [5, 5.41) is 3.39. The average molecular weight is 463 g/mol. The molecule has 7 heteroatoms. The summed E-state index contributed by atoms with van der Waals surface area (Å²) in [5.41, 5.74) is 1.99. The summed E-state index contributed by atoms with van der Waals surface area (Å²) in [6.07, 6.45) is 0.977. The maximum Gasteiger partial charge on any atom is 0.175 e. The van der Waals surface area contributed by atoms with Gasteiger partial charge in [-0.3, -0.25) is 0 Å². The minimum atomic E-state index is -0.259. The van der Waals surface area contributed by atoms with Gasteiger partial charge in [0, 0.05) is 19.8 Å². The highest BCUT2D eigenvalue weighted by atomic mass is 79.9. The van der Waals surface area contributed by atoms with Gasteiger partial charge in [0.15, 0.2) is 11.5 Å². The van der Waals surface area contributed by atoms with Gasteiger partial charge in [-0.1, -0.05) is 12.1 Å². The molecule has 0 bridgehead atoms. The first-order valence-corrected chi connectivity index (χ1v) is 9.45. The second kappa shape index (κ2) is 12.9. The standard InChI is InChI=1S/C20H25BrFNO3.ClH/c1-3-25-10-4-9-23-13-16-11-18(21)20(19(12-16)24-2)26-14-15-5-7-17(22)8-6-15;/h5-8,11-12,23H,3-4,9-10,13-14H2,1-2H3;1H. The third-order valence-electron chi connectivity index (χ3n) is 3.76. The van der Waals surface area contributed by atoms with Crippen LogP contribution in [0.25, 0.3) is 0 Å². The Morgan fingerprint density at radius 2 is 1.85 bits per heavy atom. The van der Waals surface area contributed by atoms with E-state index in [2.05, 4.69) is 21.2 Å². The van der Waals surface area contributed by atoms with Gasteiger partial charge < -0.3 is 19.5 Å². The van der Waals surface area contributed by atoms with E-state index in [1.807, 2.05) is 19.1 Å². The van der Waals surface area contributed by atoms with Gasteiger partial charge in [0.25, 0.3) is 0 Å². The van der Waals surface area contributed by atoms with E-state index >= 15 is 0 Å². The number of nitrogens with one attached hydrogen (secondary N) is 1. The molecule has 2 aromatic carbocycles. The monoisotopic (exact) mass is 461 g/mol. The fourth-order valence-electron chi connectivity index (χ4n) is 2.43. The Bertz CT molecular complexity index is 686. The molecule has 0 aromatic heterocycles. The zero-order valence-electron chi connectivity index (χ0n) is 15.6. The van der Waals surface area contributed by atoms with E-state index in [0.717, 1.165) is 48.3 Å². The van der Waals surface area contributed by atoms with Crippen molar-refractivity contribution in [3.63, 3.8) is 0 Å². The molecule has 0 fully saturated rings. The molecule has 150 valence electrons. The van der Waals surface area contributed by atoms with Crippen LogP contribution in [0, 0.1) is 5.82 Å². The molecule has 0 saturated carbocycles. The minimum absolute atomic E-state index is 0. The van der Waals surface area contributed by atoms with E-state index in [-0.39, 0.29) is 18.2 Å². The lowest BCUT2D eigenvalue weighted by molar-refractivity contribution is 0.144. The molecule has 0 aliphatic rings. The van der Waals surface area contributed by atoms with Crippen LogP contribution in [0.3, 0.4) is 0 Å². The Balaban J connectivity index is 0.00000364. The van der Waals surface area contributed by atoms with Gasteiger partial charge in [0.05, 0.1) is 11.6 Å². The van der Waals surface area contributed by atoms with E-state index < -0.39 is 0 Å². The van der Waals surface area contributed by atoms with E-state index in [1.165, 1.54) is 12.1 Å². The predicted octanol–water partition coefficient (Wildman–Crippen LogP) is 5.11. The molecule has 2 aromatic rings. The summed E-state index contributed by atoms with van der Waals surface area (Å²) in [4.78, 5) is 0. The average Bonchev–Trinajstić information content (AvgIpc) is 2.64. The van der Waals surface area contributed by atoms with Gasteiger partial charge >= 0.3 is 0 Å². The first kappa shape index (κ1) is 23.7. The second-order valence-electron chi connectivity index (χ2n) is 5.75. The van der Waals surface area contributed by atoms with Crippen molar-refractivity contribution in [2.75, 3.05) is 26.9 Å². The SMILES string of the molecule is CCOCCCNCc1cc(Br)c(OCc2ccc(F)cc2)c(OC)c1.Cl. The van der Waals surface area contributed by atoms with Gasteiger partial charge in [-0.15, -0.1) is 12.4 Å². The number of ether oxygens (including phenoxy) is 3. The Kier molecular flexibility index (Phi) is 11.4.